The van der Waals surface area contributed by atoms with E-state index in [2.05, 4.69) is 17.1 Å². The summed E-state index contributed by atoms with van der Waals surface area (Å²) in [6, 6.07) is 10.4. The molecular weight excluding hydrogens is 236 g/mol. The summed E-state index contributed by atoms with van der Waals surface area (Å²) in [4.78, 5) is 14.8. The summed E-state index contributed by atoms with van der Waals surface area (Å²) in [6.07, 6.45) is 6.00. The SMILES string of the molecule is CCCC1NC(c2ccccc2)C(=O)N1C1CCC1. The van der Waals surface area contributed by atoms with E-state index in [0.717, 1.165) is 18.4 Å². The first kappa shape index (κ1) is 12.7. The Morgan fingerprint density at radius 3 is 2.58 bits per heavy atom. The second-order valence-electron chi connectivity index (χ2n) is 5.65. The molecule has 3 nitrogen and oxygen atoms in total. The molecule has 3 rings (SSSR count). The number of nitrogens with one attached hydrogen (secondary N) is 1. The minimum Gasteiger partial charge on any atom is -0.323 e. The quantitative estimate of drug-likeness (QED) is 0.900. The summed E-state index contributed by atoms with van der Waals surface area (Å²) in [5.74, 6) is 0.273. The summed E-state index contributed by atoms with van der Waals surface area (Å²) in [7, 11) is 0. The maximum atomic E-state index is 12.7. The predicted molar refractivity (Wildman–Crippen MR) is 75.5 cm³/mol. The minimum atomic E-state index is -0.140. The number of amides is 1. The van der Waals surface area contributed by atoms with Crippen molar-refractivity contribution in [1.82, 2.24) is 10.2 Å². The van der Waals surface area contributed by atoms with Gasteiger partial charge >= 0.3 is 0 Å². The van der Waals surface area contributed by atoms with Crippen LogP contribution >= 0.6 is 0 Å². The Bertz CT molecular complexity index is 441. The Kier molecular flexibility index (Phi) is 3.56. The molecule has 2 unspecified atom stereocenters. The Labute approximate surface area is 115 Å². The molecule has 0 aromatic heterocycles. The number of rotatable bonds is 4. The zero-order chi connectivity index (χ0) is 13.2. The van der Waals surface area contributed by atoms with Gasteiger partial charge in [-0.25, -0.2) is 0 Å². The number of nitrogens with zero attached hydrogens (tertiary/aromatic N) is 1. The molecule has 1 N–H and O–H groups in total. The third-order valence-electron chi connectivity index (χ3n) is 4.36. The fraction of sp³-hybridized carbons (Fsp3) is 0.562. The standard InChI is InChI=1S/C16H22N2O/c1-2-7-14-17-15(12-8-4-3-5-9-12)16(19)18(14)13-10-6-11-13/h3-5,8-9,13-15,17H,2,6-7,10-11H2,1H3. The second-order valence-corrected chi connectivity index (χ2v) is 5.65. The highest BCUT2D eigenvalue weighted by molar-refractivity contribution is 5.86. The Morgan fingerprint density at radius 1 is 1.26 bits per heavy atom. The Hall–Kier alpha value is -1.35. The van der Waals surface area contributed by atoms with Gasteiger partial charge in [-0.3, -0.25) is 10.1 Å². The highest BCUT2D eigenvalue weighted by atomic mass is 16.2. The first-order valence-electron chi connectivity index (χ1n) is 7.44. The van der Waals surface area contributed by atoms with Crippen LogP contribution in [-0.4, -0.2) is 23.0 Å². The molecule has 2 aliphatic rings. The van der Waals surface area contributed by atoms with E-state index in [9.17, 15) is 4.79 Å². The molecule has 1 saturated carbocycles. The van der Waals surface area contributed by atoms with E-state index in [1.807, 2.05) is 30.3 Å². The van der Waals surface area contributed by atoms with Crippen molar-refractivity contribution in [3.05, 3.63) is 35.9 Å². The topological polar surface area (TPSA) is 32.3 Å². The van der Waals surface area contributed by atoms with Crippen molar-refractivity contribution in [1.29, 1.82) is 0 Å². The Morgan fingerprint density at radius 2 is 2.00 bits per heavy atom. The van der Waals surface area contributed by atoms with Gasteiger partial charge in [-0.2, -0.15) is 0 Å². The van der Waals surface area contributed by atoms with Crippen molar-refractivity contribution in [3.63, 3.8) is 0 Å². The zero-order valence-corrected chi connectivity index (χ0v) is 11.5. The van der Waals surface area contributed by atoms with E-state index in [0.29, 0.717) is 6.04 Å². The smallest absolute Gasteiger partial charge is 0.245 e. The van der Waals surface area contributed by atoms with Crippen LogP contribution in [0.25, 0.3) is 0 Å². The molecule has 0 bridgehead atoms. The van der Waals surface area contributed by atoms with Crippen LogP contribution in [0, 0.1) is 0 Å². The predicted octanol–water partition coefficient (Wildman–Crippen LogP) is 2.84. The lowest BCUT2D eigenvalue weighted by molar-refractivity contribution is -0.134. The van der Waals surface area contributed by atoms with Gasteiger partial charge in [-0.1, -0.05) is 43.7 Å². The van der Waals surface area contributed by atoms with Gasteiger partial charge in [0.05, 0.1) is 6.17 Å². The van der Waals surface area contributed by atoms with Gasteiger partial charge in [0, 0.05) is 6.04 Å². The van der Waals surface area contributed by atoms with Crippen molar-refractivity contribution in [2.24, 2.45) is 0 Å². The van der Waals surface area contributed by atoms with Crippen LogP contribution in [0.3, 0.4) is 0 Å². The van der Waals surface area contributed by atoms with Gasteiger partial charge in [-0.05, 0) is 31.2 Å². The normalized spacial score (nSPS) is 27.6. The van der Waals surface area contributed by atoms with Gasteiger partial charge in [-0.15, -0.1) is 0 Å². The van der Waals surface area contributed by atoms with Crippen LogP contribution < -0.4 is 5.32 Å². The first-order chi connectivity index (χ1) is 9.31. The molecule has 0 spiro atoms. The first-order valence-corrected chi connectivity index (χ1v) is 7.44. The molecular formula is C16H22N2O. The summed E-state index contributed by atoms with van der Waals surface area (Å²) in [5.41, 5.74) is 1.09. The van der Waals surface area contributed by atoms with E-state index in [1.54, 1.807) is 0 Å². The number of hydrogen-bond donors (Lipinski definition) is 1. The molecule has 1 heterocycles. The van der Waals surface area contributed by atoms with Crippen molar-refractivity contribution in [2.45, 2.75) is 57.3 Å². The average molecular weight is 258 g/mol. The van der Waals surface area contributed by atoms with Crippen molar-refractivity contribution >= 4 is 5.91 Å². The van der Waals surface area contributed by atoms with Crippen LogP contribution in [0.15, 0.2) is 30.3 Å². The third-order valence-corrected chi connectivity index (χ3v) is 4.36. The van der Waals surface area contributed by atoms with Crippen LogP contribution in [-0.2, 0) is 4.79 Å². The molecule has 102 valence electrons. The lowest BCUT2D eigenvalue weighted by Crippen LogP contribution is -2.47. The second kappa shape index (κ2) is 5.33. The lowest BCUT2D eigenvalue weighted by atomic mass is 9.90. The molecule has 2 fully saturated rings. The van der Waals surface area contributed by atoms with Gasteiger partial charge in [0.25, 0.3) is 0 Å². The third kappa shape index (κ3) is 2.27. The monoisotopic (exact) mass is 258 g/mol. The highest BCUT2D eigenvalue weighted by Crippen LogP contribution is 2.34. The maximum absolute atomic E-state index is 12.7. The molecule has 19 heavy (non-hydrogen) atoms. The average Bonchev–Trinajstić information content (AvgIpc) is 2.68. The molecule has 2 atom stereocenters. The van der Waals surface area contributed by atoms with Gasteiger partial charge in [0.2, 0.25) is 5.91 Å². The summed E-state index contributed by atoms with van der Waals surface area (Å²) in [6.45, 7) is 2.18. The fourth-order valence-corrected chi connectivity index (χ4v) is 3.13. The summed E-state index contributed by atoms with van der Waals surface area (Å²) < 4.78 is 0. The van der Waals surface area contributed by atoms with E-state index in [1.165, 1.54) is 19.3 Å². The number of carbonyl (C=O) groups is 1. The van der Waals surface area contributed by atoms with E-state index < -0.39 is 0 Å². The molecule has 0 radical (unpaired) electrons. The van der Waals surface area contributed by atoms with Crippen molar-refractivity contribution in [3.8, 4) is 0 Å². The fourth-order valence-electron chi connectivity index (χ4n) is 3.13. The molecule has 1 aromatic carbocycles. The minimum absolute atomic E-state index is 0.140. The maximum Gasteiger partial charge on any atom is 0.245 e. The largest absolute Gasteiger partial charge is 0.323 e. The van der Waals surface area contributed by atoms with Crippen LogP contribution in [0.1, 0.15) is 50.6 Å². The van der Waals surface area contributed by atoms with Crippen molar-refractivity contribution < 1.29 is 4.79 Å². The zero-order valence-electron chi connectivity index (χ0n) is 11.5. The van der Waals surface area contributed by atoms with E-state index in [-0.39, 0.29) is 18.1 Å². The summed E-state index contributed by atoms with van der Waals surface area (Å²) >= 11 is 0. The molecule has 3 heteroatoms. The van der Waals surface area contributed by atoms with Gasteiger partial charge < -0.3 is 4.90 Å². The molecule has 1 aliphatic carbocycles. The van der Waals surface area contributed by atoms with Crippen LogP contribution in [0.2, 0.25) is 0 Å². The van der Waals surface area contributed by atoms with Crippen molar-refractivity contribution in [2.75, 3.05) is 0 Å². The number of hydrogen-bond acceptors (Lipinski definition) is 2. The lowest BCUT2D eigenvalue weighted by Gasteiger charge is -2.38. The number of benzene rings is 1. The van der Waals surface area contributed by atoms with E-state index >= 15 is 0 Å². The van der Waals surface area contributed by atoms with E-state index in [4.69, 9.17) is 0 Å². The molecule has 1 amide bonds. The Balaban J connectivity index is 1.82. The van der Waals surface area contributed by atoms with Crippen LogP contribution in [0.5, 0.6) is 0 Å². The molecule has 1 aliphatic heterocycles. The molecule has 1 saturated heterocycles. The summed E-state index contributed by atoms with van der Waals surface area (Å²) in [5, 5.41) is 3.53. The van der Waals surface area contributed by atoms with Gasteiger partial charge in [0.15, 0.2) is 0 Å². The molecule has 1 aromatic rings. The number of carbonyl (C=O) groups excluding carboxylic acids is 1. The van der Waals surface area contributed by atoms with Crippen LogP contribution in [0.4, 0.5) is 0 Å². The van der Waals surface area contributed by atoms with Gasteiger partial charge in [0.1, 0.15) is 6.04 Å². The highest BCUT2D eigenvalue weighted by Gasteiger charge is 2.43.